The molecule has 1 aliphatic heterocycles. The summed E-state index contributed by atoms with van der Waals surface area (Å²) < 4.78 is 1.25. The number of hydrogen-bond donors (Lipinski definition) is 4. The molecule has 0 radical (unpaired) electrons. The zero-order chi connectivity index (χ0) is 20.9. The second-order valence-electron chi connectivity index (χ2n) is 7.74. The van der Waals surface area contributed by atoms with Gasteiger partial charge in [-0.3, -0.25) is 9.59 Å². The van der Waals surface area contributed by atoms with Crippen LogP contribution in [-0.2, 0) is 16.1 Å². The van der Waals surface area contributed by atoms with Crippen molar-refractivity contribution in [2.24, 2.45) is 0 Å². The standard InChI is InChI=1S/C22H25N5O2S/c1-16(28)23-17-5-4-6-18(13-17)24-21(29)14-26-9-11-27(12-10-26)15-22-25-19-7-2-3-8-20(19)30-22/h2-8,13H,9-12,14-15H2,1H3,(H,23,28)(H,24,29)/p+2. The number of amides is 2. The van der Waals surface area contributed by atoms with Crippen molar-refractivity contribution < 1.29 is 19.4 Å². The zero-order valence-corrected chi connectivity index (χ0v) is 17.8. The van der Waals surface area contributed by atoms with Gasteiger partial charge in [0.15, 0.2) is 6.54 Å². The third-order valence-corrected chi connectivity index (χ3v) is 6.32. The Bertz CT molecular complexity index is 1010. The van der Waals surface area contributed by atoms with E-state index in [2.05, 4.69) is 28.8 Å². The Morgan fingerprint density at radius 3 is 2.40 bits per heavy atom. The molecule has 0 saturated carbocycles. The van der Waals surface area contributed by atoms with Gasteiger partial charge in [0.25, 0.3) is 5.91 Å². The van der Waals surface area contributed by atoms with Crippen LogP contribution in [0.5, 0.6) is 0 Å². The minimum atomic E-state index is -0.130. The zero-order valence-electron chi connectivity index (χ0n) is 17.0. The van der Waals surface area contributed by atoms with Crippen LogP contribution in [0.1, 0.15) is 11.9 Å². The molecule has 2 amide bonds. The number of nitrogens with zero attached hydrogens (tertiary/aromatic N) is 1. The molecule has 3 aromatic rings. The average molecular weight is 426 g/mol. The van der Waals surface area contributed by atoms with E-state index in [-0.39, 0.29) is 11.8 Å². The Balaban J connectivity index is 1.24. The number of hydrogen-bond acceptors (Lipinski definition) is 4. The highest BCUT2D eigenvalue weighted by molar-refractivity contribution is 7.18. The molecule has 1 aliphatic rings. The molecule has 30 heavy (non-hydrogen) atoms. The van der Waals surface area contributed by atoms with Crippen LogP contribution in [0.3, 0.4) is 0 Å². The molecule has 0 aliphatic carbocycles. The van der Waals surface area contributed by atoms with E-state index in [9.17, 15) is 9.59 Å². The van der Waals surface area contributed by atoms with E-state index < -0.39 is 0 Å². The van der Waals surface area contributed by atoms with Crippen LogP contribution in [0, 0.1) is 0 Å². The molecule has 7 nitrogen and oxygen atoms in total. The number of benzene rings is 2. The van der Waals surface area contributed by atoms with Crippen LogP contribution in [0.4, 0.5) is 11.4 Å². The Kier molecular flexibility index (Phi) is 6.37. The van der Waals surface area contributed by atoms with Gasteiger partial charge in [-0.05, 0) is 30.3 Å². The van der Waals surface area contributed by atoms with Crippen LogP contribution in [-0.4, -0.2) is 49.5 Å². The summed E-state index contributed by atoms with van der Waals surface area (Å²) in [5.74, 6) is -0.131. The molecule has 1 aromatic heterocycles. The van der Waals surface area contributed by atoms with E-state index in [0.717, 1.165) is 38.2 Å². The number of anilines is 2. The first-order valence-electron chi connectivity index (χ1n) is 10.2. The van der Waals surface area contributed by atoms with Gasteiger partial charge in [0, 0.05) is 18.3 Å². The molecule has 2 aromatic carbocycles. The largest absolute Gasteiger partial charge is 0.326 e. The highest BCUT2D eigenvalue weighted by Gasteiger charge is 2.25. The molecule has 0 atom stereocenters. The van der Waals surface area contributed by atoms with E-state index in [1.807, 2.05) is 18.2 Å². The maximum atomic E-state index is 12.5. The van der Waals surface area contributed by atoms with Gasteiger partial charge < -0.3 is 20.4 Å². The van der Waals surface area contributed by atoms with Gasteiger partial charge in [0.2, 0.25) is 5.91 Å². The summed E-state index contributed by atoms with van der Waals surface area (Å²) in [4.78, 5) is 31.2. The monoisotopic (exact) mass is 425 g/mol. The van der Waals surface area contributed by atoms with E-state index in [0.29, 0.717) is 17.9 Å². The lowest BCUT2D eigenvalue weighted by atomic mass is 10.2. The molecule has 4 N–H and O–H groups in total. The fraction of sp³-hybridized carbons (Fsp3) is 0.318. The van der Waals surface area contributed by atoms with Crippen LogP contribution < -0.4 is 20.4 Å². The minimum absolute atomic E-state index is 0.000372. The summed E-state index contributed by atoms with van der Waals surface area (Å²) in [6, 6.07) is 15.5. The van der Waals surface area contributed by atoms with Gasteiger partial charge in [-0.2, -0.15) is 0 Å². The number of nitrogens with one attached hydrogen (secondary N) is 4. The number of rotatable bonds is 6. The smallest absolute Gasteiger partial charge is 0.279 e. The fourth-order valence-electron chi connectivity index (χ4n) is 3.83. The number of carbonyl (C=O) groups excluding carboxylic acids is 2. The molecule has 156 valence electrons. The lowest BCUT2D eigenvalue weighted by Gasteiger charge is -2.28. The third-order valence-electron chi connectivity index (χ3n) is 5.28. The van der Waals surface area contributed by atoms with Crippen molar-refractivity contribution >= 4 is 44.7 Å². The van der Waals surface area contributed by atoms with Gasteiger partial charge >= 0.3 is 0 Å². The molecule has 0 spiro atoms. The first-order valence-corrected chi connectivity index (χ1v) is 11.1. The molecular weight excluding hydrogens is 398 g/mol. The van der Waals surface area contributed by atoms with Crippen molar-refractivity contribution in [1.29, 1.82) is 0 Å². The summed E-state index contributed by atoms with van der Waals surface area (Å²) in [5.41, 5.74) is 2.46. The minimum Gasteiger partial charge on any atom is -0.326 e. The van der Waals surface area contributed by atoms with Gasteiger partial charge in [-0.25, -0.2) is 4.98 Å². The van der Waals surface area contributed by atoms with Gasteiger partial charge in [0.05, 0.1) is 10.2 Å². The predicted octanol–water partition coefficient (Wildman–Crippen LogP) is 0.177. The Labute approximate surface area is 179 Å². The van der Waals surface area contributed by atoms with Crippen molar-refractivity contribution in [3.8, 4) is 0 Å². The molecule has 8 heteroatoms. The molecular formula is C22H27N5O2S+2. The van der Waals surface area contributed by atoms with Gasteiger partial charge in [-0.15, -0.1) is 11.3 Å². The first-order chi connectivity index (χ1) is 14.5. The number of carbonyl (C=O) groups is 2. The lowest BCUT2D eigenvalue weighted by Crippen LogP contribution is -3.28. The topological polar surface area (TPSA) is 80.0 Å². The van der Waals surface area contributed by atoms with Gasteiger partial charge in [-0.1, -0.05) is 18.2 Å². The number of aromatic nitrogens is 1. The van der Waals surface area contributed by atoms with Crippen LogP contribution in [0.2, 0.25) is 0 Å². The number of para-hydroxylation sites is 1. The van der Waals surface area contributed by atoms with Crippen molar-refractivity contribution in [1.82, 2.24) is 4.98 Å². The Morgan fingerprint density at radius 2 is 1.67 bits per heavy atom. The number of fused-ring (bicyclic) bond motifs is 1. The predicted molar refractivity (Wildman–Crippen MR) is 119 cm³/mol. The van der Waals surface area contributed by atoms with Crippen LogP contribution >= 0.6 is 11.3 Å². The molecule has 1 fully saturated rings. The van der Waals surface area contributed by atoms with Gasteiger partial charge in [0.1, 0.15) is 37.7 Å². The molecule has 1 saturated heterocycles. The van der Waals surface area contributed by atoms with Crippen LogP contribution in [0.25, 0.3) is 10.2 Å². The summed E-state index contributed by atoms with van der Waals surface area (Å²) in [6.07, 6.45) is 0. The molecule has 4 rings (SSSR count). The summed E-state index contributed by atoms with van der Waals surface area (Å²) in [6.45, 7) is 6.90. The normalized spacial score (nSPS) is 18.8. The van der Waals surface area contributed by atoms with Crippen LogP contribution in [0.15, 0.2) is 48.5 Å². The molecule has 0 bridgehead atoms. The second kappa shape index (κ2) is 9.34. The Morgan fingerprint density at radius 1 is 0.967 bits per heavy atom. The lowest BCUT2D eigenvalue weighted by molar-refractivity contribution is -1.01. The number of piperazine rings is 1. The number of quaternary nitrogens is 2. The fourth-order valence-corrected chi connectivity index (χ4v) is 4.87. The van der Waals surface area contributed by atoms with Crippen molar-refractivity contribution in [3.63, 3.8) is 0 Å². The summed E-state index contributed by atoms with van der Waals surface area (Å²) in [7, 11) is 0. The average Bonchev–Trinajstić information content (AvgIpc) is 3.11. The van der Waals surface area contributed by atoms with E-state index in [4.69, 9.17) is 4.98 Å². The highest BCUT2D eigenvalue weighted by atomic mass is 32.1. The maximum absolute atomic E-state index is 12.5. The maximum Gasteiger partial charge on any atom is 0.279 e. The Hall–Kier alpha value is -2.81. The highest BCUT2D eigenvalue weighted by Crippen LogP contribution is 2.20. The molecule has 0 unspecified atom stereocenters. The van der Waals surface area contributed by atoms with Crippen molar-refractivity contribution in [2.45, 2.75) is 13.5 Å². The molecule has 2 heterocycles. The SMILES string of the molecule is CC(=O)Nc1cccc(NC(=O)C[NH+]2CC[NH+](Cc3nc4ccccc4s3)CC2)c1. The van der Waals surface area contributed by atoms with E-state index in [1.54, 1.807) is 23.5 Å². The van der Waals surface area contributed by atoms with Crippen molar-refractivity contribution in [3.05, 3.63) is 53.5 Å². The van der Waals surface area contributed by atoms with Crippen molar-refractivity contribution in [2.75, 3.05) is 43.4 Å². The summed E-state index contributed by atoms with van der Waals surface area (Å²) in [5, 5.41) is 6.86. The first kappa shape index (κ1) is 20.5. The third kappa shape index (κ3) is 5.41. The second-order valence-corrected chi connectivity index (χ2v) is 8.85. The quantitative estimate of drug-likeness (QED) is 0.455. The van der Waals surface area contributed by atoms with E-state index >= 15 is 0 Å². The van der Waals surface area contributed by atoms with E-state index in [1.165, 1.54) is 26.4 Å². The summed E-state index contributed by atoms with van der Waals surface area (Å²) >= 11 is 1.78. The number of thiazole rings is 1.